The Labute approximate surface area is 58.3 Å². The molecule has 0 heteroatoms. The summed E-state index contributed by atoms with van der Waals surface area (Å²) in [5, 5.41) is 0. The van der Waals surface area contributed by atoms with Gasteiger partial charge < -0.3 is 0 Å². The average Bonchev–Trinajstić information content (AvgIpc) is 1.89. The van der Waals surface area contributed by atoms with E-state index in [-0.39, 0.29) is 0 Å². The molecule has 0 N–H and O–H groups in total. The molecule has 0 spiro atoms. The Balaban J connectivity index is 3.28. The third kappa shape index (κ3) is 5.35. The molecule has 52 valence electrons. The summed E-state index contributed by atoms with van der Waals surface area (Å²) in [6.07, 6.45) is 8.87. The number of hydrogen-bond acceptors (Lipinski definition) is 0. The summed E-state index contributed by atoms with van der Waals surface area (Å²) in [6, 6.07) is 0. The fourth-order valence-electron chi connectivity index (χ4n) is 0.622. The van der Waals surface area contributed by atoms with Gasteiger partial charge in [0.2, 0.25) is 0 Å². The Hall–Kier alpha value is -0.520. The minimum atomic E-state index is 1.19. The average molecular weight is 124 g/mol. The largest absolute Gasteiger partial charge is 0.0917 e. The van der Waals surface area contributed by atoms with E-state index in [2.05, 4.69) is 39.0 Å². The van der Waals surface area contributed by atoms with Gasteiger partial charge in [-0.3, -0.25) is 0 Å². The smallest absolute Gasteiger partial charge is 0.0288 e. The number of hydrogen-bond donors (Lipinski definition) is 0. The van der Waals surface area contributed by atoms with Crippen molar-refractivity contribution in [3.63, 3.8) is 0 Å². The van der Waals surface area contributed by atoms with Crippen molar-refractivity contribution in [2.75, 3.05) is 0 Å². The molecule has 0 atom stereocenters. The molecule has 0 rings (SSSR count). The third-order valence-electron chi connectivity index (χ3n) is 1.43. The van der Waals surface area contributed by atoms with Crippen LogP contribution in [0.25, 0.3) is 0 Å². The van der Waals surface area contributed by atoms with Gasteiger partial charge in [-0.2, -0.15) is 0 Å². The van der Waals surface area contributed by atoms with Crippen molar-refractivity contribution in [1.29, 1.82) is 0 Å². The zero-order valence-electron chi connectivity index (χ0n) is 6.65. The van der Waals surface area contributed by atoms with Crippen molar-refractivity contribution in [1.82, 2.24) is 0 Å². The molecule has 9 heavy (non-hydrogen) atoms. The van der Waals surface area contributed by atoms with Crippen molar-refractivity contribution >= 4 is 0 Å². The van der Waals surface area contributed by atoms with Crippen molar-refractivity contribution in [2.45, 2.75) is 33.6 Å². The van der Waals surface area contributed by atoms with Gasteiger partial charge in [0.05, 0.1) is 0 Å². The normalized spacial score (nSPS) is 13.0. The summed E-state index contributed by atoms with van der Waals surface area (Å²) < 4.78 is 0. The standard InChI is InChI=1S/C9H16/c1-4-6-7-8-9(3)5-2/h4-6H,7-8H2,1-3H3/b6-4-,9-5+. The summed E-state index contributed by atoms with van der Waals surface area (Å²) in [4.78, 5) is 0. The van der Waals surface area contributed by atoms with E-state index in [0.29, 0.717) is 0 Å². The fourth-order valence-corrected chi connectivity index (χ4v) is 0.622. The monoisotopic (exact) mass is 124 g/mol. The first-order valence-electron chi connectivity index (χ1n) is 3.54. The van der Waals surface area contributed by atoms with E-state index in [9.17, 15) is 0 Å². The van der Waals surface area contributed by atoms with E-state index >= 15 is 0 Å². The van der Waals surface area contributed by atoms with E-state index in [1.807, 2.05) is 0 Å². The Bertz CT molecular complexity index is 107. The van der Waals surface area contributed by atoms with Crippen LogP contribution in [0.3, 0.4) is 0 Å². The Morgan fingerprint density at radius 3 is 2.44 bits per heavy atom. The zero-order valence-corrected chi connectivity index (χ0v) is 6.65. The molecule has 0 aromatic carbocycles. The molecular weight excluding hydrogens is 108 g/mol. The van der Waals surface area contributed by atoms with Gasteiger partial charge in [0, 0.05) is 0 Å². The predicted octanol–water partition coefficient (Wildman–Crippen LogP) is 3.31. The Morgan fingerprint density at radius 2 is 2.00 bits per heavy atom. The zero-order chi connectivity index (χ0) is 7.11. The highest BCUT2D eigenvalue weighted by atomic mass is 13.9. The van der Waals surface area contributed by atoms with Crippen LogP contribution < -0.4 is 0 Å². The number of rotatable bonds is 3. The second kappa shape index (κ2) is 5.61. The highest BCUT2D eigenvalue weighted by molar-refractivity contribution is 4.97. The molecule has 0 fully saturated rings. The van der Waals surface area contributed by atoms with E-state index in [1.54, 1.807) is 0 Å². The first-order valence-corrected chi connectivity index (χ1v) is 3.54. The SMILES string of the molecule is C/C=C\CC/C(C)=C/C. The van der Waals surface area contributed by atoms with E-state index in [4.69, 9.17) is 0 Å². The van der Waals surface area contributed by atoms with Gasteiger partial charge in [-0.15, -0.1) is 0 Å². The van der Waals surface area contributed by atoms with Gasteiger partial charge in [-0.05, 0) is 33.6 Å². The first kappa shape index (κ1) is 8.48. The Morgan fingerprint density at radius 1 is 1.33 bits per heavy atom. The lowest BCUT2D eigenvalue weighted by atomic mass is 10.1. The lowest BCUT2D eigenvalue weighted by Gasteiger charge is -1.93. The summed E-state index contributed by atoms with van der Waals surface area (Å²) in [6.45, 7) is 6.32. The van der Waals surface area contributed by atoms with Crippen LogP contribution in [0.2, 0.25) is 0 Å². The molecule has 0 aromatic rings. The maximum atomic E-state index is 2.20. The molecule has 0 amide bonds. The molecule has 0 aliphatic carbocycles. The topological polar surface area (TPSA) is 0 Å². The maximum absolute atomic E-state index is 2.20. The van der Waals surface area contributed by atoms with Gasteiger partial charge in [0.15, 0.2) is 0 Å². The predicted molar refractivity (Wildman–Crippen MR) is 43.5 cm³/mol. The Kier molecular flexibility index (Phi) is 5.29. The summed E-state index contributed by atoms with van der Waals surface area (Å²) >= 11 is 0. The van der Waals surface area contributed by atoms with Crippen molar-refractivity contribution in [3.05, 3.63) is 23.8 Å². The second-order valence-electron chi connectivity index (χ2n) is 2.24. The fraction of sp³-hybridized carbons (Fsp3) is 0.556. The van der Waals surface area contributed by atoms with Crippen LogP contribution >= 0.6 is 0 Å². The highest BCUT2D eigenvalue weighted by Crippen LogP contribution is 2.02. The van der Waals surface area contributed by atoms with E-state index in [1.165, 1.54) is 18.4 Å². The highest BCUT2D eigenvalue weighted by Gasteiger charge is 1.82. The van der Waals surface area contributed by atoms with Crippen LogP contribution in [0.1, 0.15) is 33.6 Å². The number of allylic oxidation sites excluding steroid dienone is 4. The molecule has 0 unspecified atom stereocenters. The second-order valence-corrected chi connectivity index (χ2v) is 2.24. The van der Waals surface area contributed by atoms with Crippen LogP contribution in [-0.4, -0.2) is 0 Å². The molecule has 0 aliphatic heterocycles. The molecule has 0 heterocycles. The molecular formula is C9H16. The van der Waals surface area contributed by atoms with Crippen molar-refractivity contribution in [2.24, 2.45) is 0 Å². The summed E-state index contributed by atoms with van der Waals surface area (Å²) in [5.74, 6) is 0. The van der Waals surface area contributed by atoms with Crippen LogP contribution in [0, 0.1) is 0 Å². The van der Waals surface area contributed by atoms with Crippen molar-refractivity contribution < 1.29 is 0 Å². The minimum Gasteiger partial charge on any atom is -0.0917 e. The molecule has 0 bridgehead atoms. The molecule has 0 aromatic heterocycles. The molecule has 0 nitrogen and oxygen atoms in total. The van der Waals surface area contributed by atoms with Gasteiger partial charge in [0.25, 0.3) is 0 Å². The van der Waals surface area contributed by atoms with Gasteiger partial charge in [0.1, 0.15) is 0 Å². The third-order valence-corrected chi connectivity index (χ3v) is 1.43. The molecule has 0 saturated carbocycles. The molecule has 0 aliphatic rings. The lowest BCUT2D eigenvalue weighted by molar-refractivity contribution is 0.972. The van der Waals surface area contributed by atoms with Crippen molar-refractivity contribution in [3.8, 4) is 0 Å². The summed E-state index contributed by atoms with van der Waals surface area (Å²) in [5.41, 5.74) is 1.48. The molecule has 0 radical (unpaired) electrons. The van der Waals surface area contributed by atoms with Crippen LogP contribution in [0.4, 0.5) is 0 Å². The van der Waals surface area contributed by atoms with Gasteiger partial charge in [-0.1, -0.05) is 23.8 Å². The minimum absolute atomic E-state index is 1.19. The van der Waals surface area contributed by atoms with E-state index < -0.39 is 0 Å². The van der Waals surface area contributed by atoms with Crippen LogP contribution in [-0.2, 0) is 0 Å². The van der Waals surface area contributed by atoms with E-state index in [0.717, 1.165) is 0 Å². The lowest BCUT2D eigenvalue weighted by Crippen LogP contribution is -1.72. The first-order chi connectivity index (χ1) is 4.31. The van der Waals surface area contributed by atoms with Gasteiger partial charge in [-0.25, -0.2) is 0 Å². The quantitative estimate of drug-likeness (QED) is 0.506. The summed E-state index contributed by atoms with van der Waals surface area (Å²) in [7, 11) is 0. The van der Waals surface area contributed by atoms with Crippen LogP contribution in [0.5, 0.6) is 0 Å². The van der Waals surface area contributed by atoms with Crippen LogP contribution in [0.15, 0.2) is 23.8 Å². The van der Waals surface area contributed by atoms with Gasteiger partial charge >= 0.3 is 0 Å². The maximum Gasteiger partial charge on any atom is -0.0288 e. The molecule has 0 saturated heterocycles.